The molecule has 3 rings (SSSR count). The van der Waals surface area contributed by atoms with E-state index >= 15 is 0 Å². The number of benzene rings is 2. The molecule has 33 heavy (non-hydrogen) atoms. The van der Waals surface area contributed by atoms with Crippen LogP contribution in [0.4, 0.5) is 5.69 Å². The van der Waals surface area contributed by atoms with Crippen molar-refractivity contribution >= 4 is 29.3 Å². The summed E-state index contributed by atoms with van der Waals surface area (Å²) in [6, 6.07) is 17.9. The van der Waals surface area contributed by atoms with Gasteiger partial charge in [-0.05, 0) is 66.4 Å². The Morgan fingerprint density at radius 1 is 1.12 bits per heavy atom. The highest BCUT2D eigenvalue weighted by Crippen LogP contribution is 2.19. The van der Waals surface area contributed by atoms with Crippen molar-refractivity contribution in [2.45, 2.75) is 39.9 Å². The Hall–Kier alpha value is -3.38. The van der Waals surface area contributed by atoms with Gasteiger partial charge < -0.3 is 9.47 Å². The van der Waals surface area contributed by atoms with Crippen LogP contribution >= 0.6 is 11.6 Å². The predicted molar refractivity (Wildman–Crippen MR) is 132 cm³/mol. The van der Waals surface area contributed by atoms with Crippen molar-refractivity contribution < 1.29 is 9.72 Å². The normalized spacial score (nSPS) is 12.3. The third-order valence-electron chi connectivity index (χ3n) is 5.76. The van der Waals surface area contributed by atoms with Gasteiger partial charge in [0, 0.05) is 47.7 Å². The van der Waals surface area contributed by atoms with Crippen LogP contribution in [-0.2, 0) is 17.9 Å². The molecule has 2 aromatic carbocycles. The molecule has 0 aliphatic heterocycles. The molecule has 0 bridgehead atoms. The van der Waals surface area contributed by atoms with Gasteiger partial charge in [-0.1, -0.05) is 37.6 Å². The molecule has 0 fully saturated rings. The van der Waals surface area contributed by atoms with E-state index in [4.69, 9.17) is 11.6 Å². The molecule has 0 aliphatic carbocycles. The third-order valence-corrected chi connectivity index (χ3v) is 5.99. The smallest absolute Gasteiger partial charge is 0.269 e. The number of non-ortho nitro benzene ring substituents is 1. The van der Waals surface area contributed by atoms with Gasteiger partial charge in [0.1, 0.15) is 0 Å². The summed E-state index contributed by atoms with van der Waals surface area (Å²) in [5.74, 6) is 0.170. The minimum Gasteiger partial charge on any atom is -0.345 e. The number of carbonyl (C=O) groups is 1. The molecule has 0 saturated heterocycles. The zero-order valence-electron chi connectivity index (χ0n) is 19.0. The Kier molecular flexibility index (Phi) is 8.06. The lowest BCUT2D eigenvalue weighted by Gasteiger charge is -2.31. The summed E-state index contributed by atoms with van der Waals surface area (Å²) in [7, 11) is 0. The Morgan fingerprint density at radius 2 is 1.85 bits per heavy atom. The lowest BCUT2D eigenvalue weighted by molar-refractivity contribution is -0.384. The molecular weight excluding hydrogens is 438 g/mol. The quantitative estimate of drug-likeness (QED) is 0.215. The van der Waals surface area contributed by atoms with Gasteiger partial charge in [-0.15, -0.1) is 0 Å². The average molecular weight is 466 g/mol. The molecular formula is C26H28ClN3O3. The summed E-state index contributed by atoms with van der Waals surface area (Å²) in [5.41, 5.74) is 2.87. The fraction of sp³-hybridized carbons (Fsp3) is 0.269. The van der Waals surface area contributed by atoms with Gasteiger partial charge in [0.05, 0.1) is 11.5 Å². The van der Waals surface area contributed by atoms with Crippen LogP contribution in [0.1, 0.15) is 37.6 Å². The molecule has 0 spiro atoms. The van der Waals surface area contributed by atoms with Crippen LogP contribution in [-0.4, -0.2) is 26.3 Å². The second kappa shape index (κ2) is 11.0. The Labute approximate surface area is 199 Å². The highest BCUT2D eigenvalue weighted by Gasteiger charge is 2.22. The zero-order chi connectivity index (χ0) is 24.0. The minimum absolute atomic E-state index is 0.0218. The molecule has 1 atom stereocenters. The summed E-state index contributed by atoms with van der Waals surface area (Å²) in [4.78, 5) is 25.4. The SMILES string of the molecule is CC(C)C(C)N(Cc1cccn1Cc1cccc(Cl)c1)C(=O)C=Cc1ccc([N+](=O)[O-])cc1. The number of nitrogens with zero attached hydrogens (tertiary/aromatic N) is 3. The number of carbonyl (C=O) groups excluding carboxylic acids is 1. The fourth-order valence-corrected chi connectivity index (χ4v) is 3.72. The minimum atomic E-state index is -0.441. The molecule has 7 heteroatoms. The van der Waals surface area contributed by atoms with Crippen LogP contribution in [0.15, 0.2) is 72.9 Å². The van der Waals surface area contributed by atoms with E-state index in [-0.39, 0.29) is 23.6 Å². The molecule has 1 amide bonds. The fourth-order valence-electron chi connectivity index (χ4n) is 3.51. The molecule has 1 aromatic heterocycles. The van der Waals surface area contributed by atoms with Crippen molar-refractivity contribution in [3.63, 3.8) is 0 Å². The number of aromatic nitrogens is 1. The van der Waals surface area contributed by atoms with E-state index < -0.39 is 4.92 Å². The first-order chi connectivity index (χ1) is 15.7. The highest BCUT2D eigenvalue weighted by molar-refractivity contribution is 6.30. The van der Waals surface area contributed by atoms with Gasteiger partial charge in [0.2, 0.25) is 5.91 Å². The topological polar surface area (TPSA) is 68.4 Å². The number of rotatable bonds is 9. The monoisotopic (exact) mass is 465 g/mol. The summed E-state index contributed by atoms with van der Waals surface area (Å²) >= 11 is 6.13. The third kappa shape index (κ3) is 6.56. The summed E-state index contributed by atoms with van der Waals surface area (Å²) in [6.07, 6.45) is 5.23. The molecule has 0 aliphatic rings. The Balaban J connectivity index is 1.78. The largest absolute Gasteiger partial charge is 0.345 e. The second-order valence-electron chi connectivity index (χ2n) is 8.39. The van der Waals surface area contributed by atoms with Crippen LogP contribution in [0.5, 0.6) is 0 Å². The van der Waals surface area contributed by atoms with Crippen molar-refractivity contribution in [1.82, 2.24) is 9.47 Å². The van der Waals surface area contributed by atoms with Crippen molar-refractivity contribution in [2.24, 2.45) is 5.92 Å². The molecule has 1 unspecified atom stereocenters. The maximum absolute atomic E-state index is 13.2. The number of hydrogen-bond acceptors (Lipinski definition) is 3. The first kappa shape index (κ1) is 24.3. The molecule has 6 nitrogen and oxygen atoms in total. The van der Waals surface area contributed by atoms with Crippen LogP contribution < -0.4 is 0 Å². The van der Waals surface area contributed by atoms with Gasteiger partial charge in [0.15, 0.2) is 0 Å². The molecule has 0 saturated carbocycles. The zero-order valence-corrected chi connectivity index (χ0v) is 19.8. The van der Waals surface area contributed by atoms with E-state index in [0.29, 0.717) is 18.1 Å². The number of amides is 1. The number of nitro groups is 1. The van der Waals surface area contributed by atoms with E-state index in [9.17, 15) is 14.9 Å². The van der Waals surface area contributed by atoms with Gasteiger partial charge in [0.25, 0.3) is 5.69 Å². The maximum atomic E-state index is 13.2. The van der Waals surface area contributed by atoms with Crippen molar-refractivity contribution in [1.29, 1.82) is 0 Å². The van der Waals surface area contributed by atoms with Crippen molar-refractivity contribution in [3.05, 3.63) is 105 Å². The summed E-state index contributed by atoms with van der Waals surface area (Å²) in [6.45, 7) is 7.37. The van der Waals surface area contributed by atoms with E-state index in [1.807, 2.05) is 54.4 Å². The average Bonchev–Trinajstić information content (AvgIpc) is 3.22. The van der Waals surface area contributed by atoms with Crippen LogP contribution in [0.2, 0.25) is 5.02 Å². The lowest BCUT2D eigenvalue weighted by Crippen LogP contribution is -2.40. The van der Waals surface area contributed by atoms with E-state index in [0.717, 1.165) is 16.8 Å². The van der Waals surface area contributed by atoms with E-state index in [1.54, 1.807) is 18.2 Å². The van der Waals surface area contributed by atoms with Gasteiger partial charge >= 0.3 is 0 Å². The van der Waals surface area contributed by atoms with Gasteiger partial charge in [-0.3, -0.25) is 14.9 Å². The summed E-state index contributed by atoms with van der Waals surface area (Å²) < 4.78 is 2.12. The van der Waals surface area contributed by atoms with Crippen LogP contribution in [0.3, 0.4) is 0 Å². The highest BCUT2D eigenvalue weighted by atomic mass is 35.5. The van der Waals surface area contributed by atoms with E-state index in [2.05, 4.69) is 18.4 Å². The standard InChI is InChI=1S/C26H28ClN3O3/c1-19(2)20(3)29(26(31)14-11-21-9-12-24(13-10-21)30(32)33)18-25-8-5-15-28(25)17-22-6-4-7-23(27)16-22/h4-16,19-20H,17-18H2,1-3H3. The van der Waals surface area contributed by atoms with E-state index in [1.165, 1.54) is 18.2 Å². The number of hydrogen-bond donors (Lipinski definition) is 0. The number of halogens is 1. The van der Waals surface area contributed by atoms with Crippen LogP contribution in [0.25, 0.3) is 6.08 Å². The van der Waals surface area contributed by atoms with Crippen molar-refractivity contribution in [3.8, 4) is 0 Å². The maximum Gasteiger partial charge on any atom is 0.269 e. The second-order valence-corrected chi connectivity index (χ2v) is 8.83. The molecule has 3 aromatic rings. The number of nitro benzene ring substituents is 1. The van der Waals surface area contributed by atoms with Gasteiger partial charge in [-0.25, -0.2) is 0 Å². The molecule has 172 valence electrons. The first-order valence-corrected chi connectivity index (χ1v) is 11.2. The molecule has 0 radical (unpaired) electrons. The lowest BCUT2D eigenvalue weighted by atomic mass is 10.0. The van der Waals surface area contributed by atoms with Crippen LogP contribution in [0, 0.1) is 16.0 Å². The molecule has 0 N–H and O–H groups in total. The Morgan fingerprint density at radius 3 is 2.48 bits per heavy atom. The first-order valence-electron chi connectivity index (χ1n) is 10.9. The van der Waals surface area contributed by atoms with Gasteiger partial charge in [-0.2, -0.15) is 0 Å². The van der Waals surface area contributed by atoms with Crippen molar-refractivity contribution in [2.75, 3.05) is 0 Å². The Bertz CT molecular complexity index is 1140. The summed E-state index contributed by atoms with van der Waals surface area (Å²) in [5, 5.41) is 11.5. The predicted octanol–water partition coefficient (Wildman–Crippen LogP) is 6.18. The molecule has 1 heterocycles.